The molecule has 6 heterocycles. The molecular formula is C76H54BN5O. The minimum atomic E-state index is -0.194. The van der Waals surface area contributed by atoms with Gasteiger partial charge < -0.3 is 13.5 Å². The molecule has 392 valence electrons. The van der Waals surface area contributed by atoms with E-state index in [1.165, 1.54) is 127 Å². The summed E-state index contributed by atoms with van der Waals surface area (Å²) >= 11 is 0. The molecule has 0 radical (unpaired) electrons. The third kappa shape index (κ3) is 6.82. The summed E-state index contributed by atoms with van der Waals surface area (Å²) in [7, 11) is 0. The summed E-state index contributed by atoms with van der Waals surface area (Å²) in [6.07, 6.45) is 0. The highest BCUT2D eigenvalue weighted by Gasteiger charge is 2.44. The first-order valence-electron chi connectivity index (χ1n) is 28.9. The van der Waals surface area contributed by atoms with Gasteiger partial charge in [0.15, 0.2) is 17.5 Å². The van der Waals surface area contributed by atoms with Gasteiger partial charge in [-0.1, -0.05) is 163 Å². The molecule has 17 rings (SSSR count). The van der Waals surface area contributed by atoms with Crippen LogP contribution in [0.4, 0.5) is 0 Å². The maximum atomic E-state index is 7.06. The Hall–Kier alpha value is -10.1. The minimum absolute atomic E-state index is 0.194. The molecule has 0 saturated carbocycles. The maximum absolute atomic E-state index is 7.06. The monoisotopic (exact) mass is 1060 g/mol. The van der Waals surface area contributed by atoms with E-state index in [1.54, 1.807) is 0 Å². The number of benzene rings is 11. The zero-order chi connectivity index (χ0) is 55.7. The van der Waals surface area contributed by atoms with Crippen LogP contribution in [0, 0.1) is 48.5 Å². The second-order valence-electron chi connectivity index (χ2n) is 23.5. The van der Waals surface area contributed by atoms with Gasteiger partial charge in [-0.25, -0.2) is 15.0 Å². The van der Waals surface area contributed by atoms with Gasteiger partial charge in [0.1, 0.15) is 11.2 Å². The second-order valence-corrected chi connectivity index (χ2v) is 23.5. The molecule has 0 atom stereocenters. The van der Waals surface area contributed by atoms with E-state index in [2.05, 4.69) is 221 Å². The Balaban J connectivity index is 1.01. The molecule has 4 aromatic heterocycles. The smallest absolute Gasteiger partial charge is 0.333 e. The van der Waals surface area contributed by atoms with Gasteiger partial charge in [0.05, 0.1) is 16.4 Å². The Morgan fingerprint density at radius 3 is 1.65 bits per heavy atom. The molecule has 0 amide bonds. The van der Waals surface area contributed by atoms with Crippen molar-refractivity contribution >= 4 is 83.3 Å². The molecule has 2 aliphatic heterocycles. The highest BCUT2D eigenvalue weighted by molar-refractivity contribution is 6.90. The van der Waals surface area contributed by atoms with E-state index in [0.717, 1.165) is 55.1 Å². The molecule has 6 nitrogen and oxygen atoms in total. The average Bonchev–Trinajstić information content (AvgIpc) is 1.65. The second kappa shape index (κ2) is 17.5. The van der Waals surface area contributed by atoms with Crippen LogP contribution < -0.4 is 10.9 Å². The Morgan fingerprint density at radius 2 is 0.964 bits per heavy atom. The number of fused-ring (bicyclic) bond motifs is 14. The van der Waals surface area contributed by atoms with E-state index < -0.39 is 0 Å². The number of hydrogen-bond donors (Lipinski definition) is 0. The predicted octanol–water partition coefficient (Wildman–Crippen LogP) is 18.1. The molecule has 0 bridgehead atoms. The Morgan fingerprint density at radius 1 is 0.386 bits per heavy atom. The molecule has 0 spiro atoms. The highest BCUT2D eigenvalue weighted by Crippen LogP contribution is 2.51. The van der Waals surface area contributed by atoms with Gasteiger partial charge in [-0.15, -0.1) is 0 Å². The summed E-state index contributed by atoms with van der Waals surface area (Å²) in [4.78, 5) is 15.5. The molecule has 83 heavy (non-hydrogen) atoms. The standard InChI is InChI=1S/C76H54BN5O/c1-41-31-43(3)66(44(4)32-41)51-29-30-62-57(36-51)58-37-53(67-45(5)33-42(2)34-46(67)6)38-61-71(58)81(62)64-40-56(50-23-18-24-52(35-50)76-79-74(48-19-10-8-11-20-48)78-75(80-76)49-21-12-9-13-22-49)47(7)68-60-39-59-54-25-15-17-28-65(54)83-73(59)69-55-26-14-16-27-63(55)82(72(60)69)77(61)70(64)68/h8-40H,1-7H3. The van der Waals surface area contributed by atoms with Crippen molar-refractivity contribution < 1.29 is 4.42 Å². The van der Waals surface area contributed by atoms with Crippen molar-refractivity contribution in [2.45, 2.75) is 48.5 Å². The molecule has 15 aromatic rings. The van der Waals surface area contributed by atoms with Crippen LogP contribution in [0.25, 0.3) is 150 Å². The van der Waals surface area contributed by atoms with Gasteiger partial charge in [0.25, 0.3) is 0 Å². The van der Waals surface area contributed by atoms with Crippen molar-refractivity contribution in [2.24, 2.45) is 0 Å². The molecule has 0 saturated heterocycles. The van der Waals surface area contributed by atoms with Crippen LogP contribution in [0.3, 0.4) is 0 Å². The molecule has 2 aliphatic rings. The van der Waals surface area contributed by atoms with E-state index in [0.29, 0.717) is 17.5 Å². The Kier molecular flexibility index (Phi) is 10.0. The van der Waals surface area contributed by atoms with E-state index >= 15 is 0 Å². The highest BCUT2D eigenvalue weighted by atomic mass is 16.3. The Bertz CT molecular complexity index is 5250. The fourth-order valence-electron chi connectivity index (χ4n) is 15.1. The lowest BCUT2D eigenvalue weighted by Crippen LogP contribution is -2.55. The third-order valence-corrected chi connectivity index (χ3v) is 18.2. The largest absolute Gasteiger partial charge is 0.455 e. The van der Waals surface area contributed by atoms with Gasteiger partial charge in [0.2, 0.25) is 0 Å². The molecule has 11 aromatic carbocycles. The number of aryl methyl sites for hydroxylation is 6. The molecule has 0 fully saturated rings. The normalized spacial score (nSPS) is 12.5. The number of aromatic nitrogens is 5. The lowest BCUT2D eigenvalue weighted by molar-refractivity contribution is 0.673. The summed E-state index contributed by atoms with van der Waals surface area (Å²) in [6.45, 7) is 15.7. The summed E-state index contributed by atoms with van der Waals surface area (Å²) < 4.78 is 12.4. The van der Waals surface area contributed by atoms with Crippen LogP contribution in [0.1, 0.15) is 38.9 Å². The van der Waals surface area contributed by atoms with Crippen LogP contribution in [0.5, 0.6) is 0 Å². The number of nitrogens with zero attached hydrogens (tertiary/aromatic N) is 5. The quantitative estimate of drug-likeness (QED) is 0.156. The topological polar surface area (TPSA) is 61.7 Å². The molecule has 0 unspecified atom stereocenters. The number of para-hydroxylation sites is 2. The molecular weight excluding hydrogens is 1010 g/mol. The lowest BCUT2D eigenvalue weighted by Gasteiger charge is -2.36. The van der Waals surface area contributed by atoms with Crippen molar-refractivity contribution in [3.63, 3.8) is 0 Å². The van der Waals surface area contributed by atoms with Crippen molar-refractivity contribution in [1.82, 2.24) is 24.0 Å². The maximum Gasteiger partial charge on any atom is 0.333 e. The van der Waals surface area contributed by atoms with E-state index in [9.17, 15) is 0 Å². The van der Waals surface area contributed by atoms with Crippen LogP contribution in [0.2, 0.25) is 0 Å². The number of rotatable bonds is 6. The first-order valence-corrected chi connectivity index (χ1v) is 28.9. The van der Waals surface area contributed by atoms with Crippen molar-refractivity contribution in [3.05, 3.63) is 239 Å². The van der Waals surface area contributed by atoms with Crippen LogP contribution in [-0.2, 0) is 0 Å². The van der Waals surface area contributed by atoms with Gasteiger partial charge in [0, 0.05) is 65.9 Å². The van der Waals surface area contributed by atoms with Crippen molar-refractivity contribution in [1.29, 1.82) is 0 Å². The third-order valence-electron chi connectivity index (χ3n) is 18.2. The molecule has 0 N–H and O–H groups in total. The van der Waals surface area contributed by atoms with E-state index in [-0.39, 0.29) is 6.85 Å². The zero-order valence-corrected chi connectivity index (χ0v) is 47.3. The molecule has 0 aliphatic carbocycles. The van der Waals surface area contributed by atoms with E-state index in [4.69, 9.17) is 19.4 Å². The van der Waals surface area contributed by atoms with Crippen molar-refractivity contribution in [3.8, 4) is 84.4 Å². The number of hydrogen-bond acceptors (Lipinski definition) is 4. The number of furan rings is 1. The van der Waals surface area contributed by atoms with E-state index in [1.807, 2.05) is 36.4 Å². The minimum Gasteiger partial charge on any atom is -0.455 e. The summed E-state index contributed by atoms with van der Waals surface area (Å²) in [5, 5.41) is 7.06. The average molecular weight is 1060 g/mol. The predicted molar refractivity (Wildman–Crippen MR) is 346 cm³/mol. The van der Waals surface area contributed by atoms with Crippen LogP contribution >= 0.6 is 0 Å². The van der Waals surface area contributed by atoms with Gasteiger partial charge in [-0.3, -0.25) is 0 Å². The summed E-state index contributed by atoms with van der Waals surface area (Å²) in [6, 6.07) is 73.5. The fourth-order valence-corrected chi connectivity index (χ4v) is 15.1. The summed E-state index contributed by atoms with van der Waals surface area (Å²) in [5.74, 6) is 1.89. The van der Waals surface area contributed by atoms with Gasteiger partial charge in [-0.2, -0.15) is 0 Å². The van der Waals surface area contributed by atoms with Crippen molar-refractivity contribution in [2.75, 3.05) is 0 Å². The molecule has 7 heteroatoms. The van der Waals surface area contributed by atoms with Gasteiger partial charge >= 0.3 is 6.85 Å². The van der Waals surface area contributed by atoms with Gasteiger partial charge in [-0.05, 0) is 175 Å². The van der Waals surface area contributed by atoms with Crippen LogP contribution in [-0.4, -0.2) is 30.8 Å². The van der Waals surface area contributed by atoms with Crippen LogP contribution in [0.15, 0.2) is 205 Å². The first kappa shape index (κ1) is 47.7. The Labute approximate surface area is 481 Å². The zero-order valence-electron chi connectivity index (χ0n) is 47.3. The fraction of sp³-hybridized carbons (Fsp3) is 0.0921. The SMILES string of the molecule is Cc1cc(C)c(-c2ccc3c(c2)c2cc(-c4c(C)cc(C)cc4C)cc4c2n3-c2cc(-c3cccc(-c5nc(-c6ccccc6)nc(-c6ccccc6)n5)c3)c(C)c3c2B4n2c4ccccc4c4c5oc6ccccc6c5cc-3c42)c(C)c1. The first-order chi connectivity index (χ1) is 40.5. The summed E-state index contributed by atoms with van der Waals surface area (Å²) in [5.41, 5.74) is 31.8. The lowest BCUT2D eigenvalue weighted by atomic mass is 9.45.